The van der Waals surface area contributed by atoms with E-state index in [4.69, 9.17) is 24.2 Å². The van der Waals surface area contributed by atoms with E-state index in [1.165, 1.54) is 44.1 Å². The number of ether oxygens (including phenoxy) is 3. The molecular formula is C46H64N8O6S. The van der Waals surface area contributed by atoms with Gasteiger partial charge in [0.1, 0.15) is 11.6 Å². The number of fused-ring (bicyclic) bond motifs is 2. The molecule has 3 N–H and O–H groups in total. The Morgan fingerprint density at radius 1 is 1.03 bits per heavy atom. The van der Waals surface area contributed by atoms with Gasteiger partial charge in [-0.2, -0.15) is 0 Å². The average Bonchev–Trinajstić information content (AvgIpc) is 3.85. The largest absolute Gasteiger partial charge is 0.465 e. The van der Waals surface area contributed by atoms with Crippen LogP contribution in [0.5, 0.6) is 0 Å². The summed E-state index contributed by atoms with van der Waals surface area (Å²) < 4.78 is 17.1. The zero-order valence-electron chi connectivity index (χ0n) is 37.2. The number of H-pyrrole nitrogens is 1. The second kappa shape index (κ2) is 18.8. The molecule has 0 aliphatic carbocycles. The number of amides is 2. The number of anilines is 1. The summed E-state index contributed by atoms with van der Waals surface area (Å²) in [6, 6.07) is 8.29. The summed E-state index contributed by atoms with van der Waals surface area (Å²) in [5, 5.41) is 8.18. The Labute approximate surface area is 364 Å². The Kier molecular flexibility index (Phi) is 13.7. The van der Waals surface area contributed by atoms with Crippen LogP contribution >= 0.6 is 11.3 Å². The van der Waals surface area contributed by atoms with Crippen molar-refractivity contribution in [2.75, 3.05) is 57.9 Å². The Bertz CT molecular complexity index is 2190. The van der Waals surface area contributed by atoms with Crippen LogP contribution < -0.4 is 15.6 Å². The molecule has 3 aromatic heterocycles. The van der Waals surface area contributed by atoms with Crippen molar-refractivity contribution in [3.8, 4) is 22.5 Å². The number of aromatic nitrogens is 3. The maximum Gasteiger partial charge on any atom is 0.408 e. The molecule has 3 aliphatic heterocycles. The number of hydrogen-bond donors (Lipinski definition) is 3. The summed E-state index contributed by atoms with van der Waals surface area (Å²) >= 11 is 1.46. The maximum absolute atomic E-state index is 13.8. The second-order valence-corrected chi connectivity index (χ2v) is 19.6. The fourth-order valence-corrected chi connectivity index (χ4v) is 9.59. The average molecular weight is 857 g/mol. The third kappa shape index (κ3) is 10.9. The van der Waals surface area contributed by atoms with Crippen LogP contribution in [0.1, 0.15) is 103 Å². The predicted molar refractivity (Wildman–Crippen MR) is 239 cm³/mol. The van der Waals surface area contributed by atoms with Crippen molar-refractivity contribution in [1.29, 1.82) is 0 Å². The van der Waals surface area contributed by atoms with Gasteiger partial charge < -0.3 is 29.4 Å². The summed E-state index contributed by atoms with van der Waals surface area (Å²) in [5.74, 6) is -0.529. The lowest BCUT2D eigenvalue weighted by molar-refractivity contribution is -0.144. The van der Waals surface area contributed by atoms with Gasteiger partial charge in [-0.3, -0.25) is 24.5 Å². The molecule has 61 heavy (non-hydrogen) atoms. The van der Waals surface area contributed by atoms with Crippen molar-refractivity contribution >= 4 is 45.9 Å². The van der Waals surface area contributed by atoms with Gasteiger partial charge in [-0.25, -0.2) is 15.2 Å². The van der Waals surface area contributed by atoms with Crippen molar-refractivity contribution in [2.24, 2.45) is 5.41 Å². The van der Waals surface area contributed by atoms with Gasteiger partial charge in [-0.05, 0) is 90.1 Å². The quantitative estimate of drug-likeness (QED) is 0.115. The summed E-state index contributed by atoms with van der Waals surface area (Å²) in [5.41, 5.74) is 9.70. The molecule has 3 atom stereocenters. The molecule has 3 saturated heterocycles. The van der Waals surface area contributed by atoms with Gasteiger partial charge in [-0.1, -0.05) is 26.3 Å². The van der Waals surface area contributed by atoms with Gasteiger partial charge >= 0.3 is 12.1 Å². The second-order valence-electron chi connectivity index (χ2n) is 18.6. The summed E-state index contributed by atoms with van der Waals surface area (Å²) in [7, 11) is 1.71. The minimum Gasteiger partial charge on any atom is -0.465 e. The van der Waals surface area contributed by atoms with Crippen molar-refractivity contribution < 1.29 is 28.6 Å². The number of carbonyl (C=O) groups is 3. The van der Waals surface area contributed by atoms with Crippen LogP contribution in [-0.4, -0.2) is 114 Å². The zero-order valence-corrected chi connectivity index (χ0v) is 38.0. The third-order valence-electron chi connectivity index (χ3n) is 11.9. The lowest BCUT2D eigenvalue weighted by Crippen LogP contribution is -2.56. The minimum atomic E-state index is -0.861. The Morgan fingerprint density at radius 2 is 1.84 bits per heavy atom. The van der Waals surface area contributed by atoms with Crippen molar-refractivity contribution in [3.05, 3.63) is 52.1 Å². The van der Waals surface area contributed by atoms with Crippen LogP contribution in [0.25, 0.3) is 33.4 Å². The molecule has 0 radical (unpaired) electrons. The van der Waals surface area contributed by atoms with E-state index < -0.39 is 23.2 Å². The van der Waals surface area contributed by atoms with Gasteiger partial charge in [0.25, 0.3) is 5.91 Å². The highest BCUT2D eigenvalue weighted by Crippen LogP contribution is 2.41. The Hall–Kier alpha value is -4.57. The highest BCUT2D eigenvalue weighted by molar-refractivity contribution is 7.10. The molecule has 14 nitrogen and oxygen atoms in total. The number of nitrogens with zero attached hydrogens (tertiary/aromatic N) is 5. The predicted octanol–water partition coefficient (Wildman–Crippen LogP) is 7.43. The van der Waals surface area contributed by atoms with E-state index in [-0.39, 0.29) is 31.0 Å². The summed E-state index contributed by atoms with van der Waals surface area (Å²) in [6.07, 6.45) is 7.56. The number of rotatable bonds is 13. The van der Waals surface area contributed by atoms with E-state index in [0.29, 0.717) is 30.6 Å². The number of piperidine rings is 1. The first kappa shape index (κ1) is 44.5. The molecule has 1 aromatic carbocycles. The fourth-order valence-electron chi connectivity index (χ4n) is 8.74. The van der Waals surface area contributed by atoms with Gasteiger partial charge in [0.15, 0.2) is 0 Å². The van der Waals surface area contributed by atoms with E-state index in [1.54, 1.807) is 32.9 Å². The first-order valence-electron chi connectivity index (χ1n) is 21.9. The zero-order chi connectivity index (χ0) is 43.5. The monoisotopic (exact) mass is 856 g/mol. The van der Waals surface area contributed by atoms with Crippen LogP contribution in [0, 0.1) is 5.41 Å². The van der Waals surface area contributed by atoms with Gasteiger partial charge in [0.2, 0.25) is 0 Å². The van der Waals surface area contributed by atoms with Crippen molar-refractivity contribution in [3.63, 3.8) is 0 Å². The highest BCUT2D eigenvalue weighted by atomic mass is 32.1. The summed E-state index contributed by atoms with van der Waals surface area (Å²) in [6.45, 7) is 18.8. The lowest BCUT2D eigenvalue weighted by atomic mass is 9.84. The molecule has 3 unspecified atom stereocenters. The number of alkyl carbamates (subject to hydrolysis) is 1. The van der Waals surface area contributed by atoms with Crippen LogP contribution in [0.3, 0.4) is 0 Å². The van der Waals surface area contributed by atoms with E-state index in [0.717, 1.165) is 82.8 Å². The molecule has 15 heteroatoms. The highest BCUT2D eigenvalue weighted by Gasteiger charge is 2.33. The lowest BCUT2D eigenvalue weighted by Gasteiger charge is -2.45. The van der Waals surface area contributed by atoms with E-state index >= 15 is 0 Å². The first-order valence-corrected chi connectivity index (χ1v) is 22.7. The van der Waals surface area contributed by atoms with Crippen LogP contribution in [0.2, 0.25) is 0 Å². The number of thiazole rings is 1. The smallest absolute Gasteiger partial charge is 0.408 e. The van der Waals surface area contributed by atoms with Crippen LogP contribution in [-0.2, 0) is 36.6 Å². The molecule has 330 valence electrons. The third-order valence-corrected chi connectivity index (χ3v) is 12.8. The number of methoxy groups -OCH3 is 1. The number of esters is 1. The van der Waals surface area contributed by atoms with E-state index in [9.17, 15) is 14.4 Å². The number of hydrazine groups is 1. The fraction of sp³-hybridized carbons (Fsp3) is 0.587. The van der Waals surface area contributed by atoms with Crippen LogP contribution in [0.4, 0.5) is 10.5 Å². The van der Waals surface area contributed by atoms with E-state index in [1.807, 2.05) is 18.5 Å². The topological polar surface area (TPSA) is 154 Å². The van der Waals surface area contributed by atoms with Gasteiger partial charge in [-0.15, -0.1) is 11.3 Å². The number of hydrogen-bond acceptors (Lipinski definition) is 12. The molecule has 0 saturated carbocycles. The van der Waals surface area contributed by atoms with Gasteiger partial charge in [0.05, 0.1) is 46.7 Å². The standard InChI is InChI=1S/C46H64N8O6S/c1-29(58-8)41-35(22-33(25-47-41)53-20-19-52-17-11-9-13-32(52)26-53)42-36(24-46(6,7)28-59-30(2)55)34-21-31(14-15-37(34)50-42)39-27-61-40(49-39)23-38(51-44(57)60-45(3,4)5)43(56)54-18-12-10-16-48-54/h14-15,21-22,25,27,29,32,38,48,50H,9-13,16-20,23-24,26,28H2,1-8H3,(H,51,57). The number of piperazine rings is 1. The normalized spacial score (nSPS) is 18.7. The SMILES string of the molecule is COC(C)c1ncc(N2CCN3CCCCC3C2)cc1-c1[nH]c2ccc(-c3csc(CC(NC(=O)OC(C)(C)C)C(=O)N4CCCCN4)n3)cc2c1CC(C)(C)COC(C)=O. The Morgan fingerprint density at radius 3 is 2.57 bits per heavy atom. The minimum absolute atomic E-state index is 0.215. The molecule has 7 rings (SSSR count). The molecule has 6 heterocycles. The Balaban J connectivity index is 1.25. The molecule has 0 spiro atoms. The number of carbonyl (C=O) groups excluding carboxylic acids is 3. The number of pyridine rings is 1. The molecule has 3 fully saturated rings. The number of benzene rings is 1. The van der Waals surface area contributed by atoms with Crippen molar-refractivity contribution in [2.45, 2.75) is 117 Å². The van der Waals surface area contributed by atoms with Gasteiger partial charge in [0, 0.05) is 92.0 Å². The number of aromatic amines is 1. The van der Waals surface area contributed by atoms with E-state index in [2.05, 4.69) is 63.6 Å². The molecular weight excluding hydrogens is 793 g/mol. The maximum atomic E-state index is 13.8. The first-order chi connectivity index (χ1) is 29.1. The number of nitrogens with one attached hydrogen (secondary N) is 3. The molecule has 4 aromatic rings. The van der Waals surface area contributed by atoms with Crippen LogP contribution in [0.15, 0.2) is 35.8 Å². The molecule has 2 amide bonds. The molecule has 3 aliphatic rings. The molecule has 0 bridgehead atoms. The summed E-state index contributed by atoms with van der Waals surface area (Å²) in [4.78, 5) is 57.8. The van der Waals surface area contributed by atoms with Crippen molar-refractivity contribution in [1.82, 2.24) is 35.6 Å².